The number of nitrogens with zero attached hydrogens (tertiary/aromatic N) is 1. The summed E-state index contributed by atoms with van der Waals surface area (Å²) in [5.74, 6) is 1.61. The van der Waals surface area contributed by atoms with Gasteiger partial charge in [-0.2, -0.15) is 0 Å². The topological polar surface area (TPSA) is 78.4 Å². The quantitative estimate of drug-likeness (QED) is 0.678. The maximum atomic E-state index is 11.0. The largest absolute Gasteiger partial charge is 0.496 e. The molecular weight excluding hydrogens is 256 g/mol. The molecule has 0 spiro atoms. The molecule has 0 saturated heterocycles. The fourth-order valence-electron chi connectivity index (χ4n) is 3.04. The molecule has 0 amide bonds. The molecule has 1 saturated carbocycles. The first-order valence-corrected chi connectivity index (χ1v) is 7.07. The van der Waals surface area contributed by atoms with Crippen LogP contribution in [0, 0.1) is 22.0 Å². The Hall–Kier alpha value is -1.62. The Bertz CT molecular complexity index is 490. The van der Waals surface area contributed by atoms with Crippen LogP contribution in [0.2, 0.25) is 0 Å². The van der Waals surface area contributed by atoms with E-state index in [9.17, 15) is 10.1 Å². The summed E-state index contributed by atoms with van der Waals surface area (Å²) in [6, 6.07) is 5.15. The fraction of sp³-hybridized carbons (Fsp3) is 0.600. The van der Waals surface area contributed by atoms with Crippen LogP contribution in [0.5, 0.6) is 5.75 Å². The van der Waals surface area contributed by atoms with Gasteiger partial charge in [0.25, 0.3) is 5.69 Å². The molecule has 20 heavy (non-hydrogen) atoms. The highest BCUT2D eigenvalue weighted by atomic mass is 16.6. The molecule has 2 rings (SSSR count). The molecule has 1 aliphatic rings. The van der Waals surface area contributed by atoms with Gasteiger partial charge in [0.15, 0.2) is 0 Å². The summed E-state index contributed by atoms with van der Waals surface area (Å²) in [4.78, 5) is 10.6. The molecule has 0 heterocycles. The molecule has 0 bridgehead atoms. The Morgan fingerprint density at radius 1 is 1.40 bits per heavy atom. The predicted octanol–water partition coefficient (Wildman–Crippen LogP) is 2.91. The van der Waals surface area contributed by atoms with E-state index in [1.54, 1.807) is 6.07 Å². The van der Waals surface area contributed by atoms with E-state index in [1.807, 2.05) is 6.07 Å². The molecule has 110 valence electrons. The maximum Gasteiger partial charge on any atom is 0.273 e. The van der Waals surface area contributed by atoms with Gasteiger partial charge < -0.3 is 10.5 Å². The van der Waals surface area contributed by atoms with Crippen molar-refractivity contribution in [3.63, 3.8) is 0 Å². The lowest BCUT2D eigenvalue weighted by atomic mass is 9.76. The van der Waals surface area contributed by atoms with Crippen LogP contribution in [0.15, 0.2) is 18.2 Å². The van der Waals surface area contributed by atoms with Gasteiger partial charge in [-0.3, -0.25) is 10.1 Å². The summed E-state index contributed by atoms with van der Waals surface area (Å²) in [6.45, 7) is 2.24. The second-order valence-corrected chi connectivity index (χ2v) is 5.84. The van der Waals surface area contributed by atoms with Crippen LogP contribution in [0.4, 0.5) is 5.69 Å². The van der Waals surface area contributed by atoms with Gasteiger partial charge in [0.2, 0.25) is 0 Å². The number of hydrogen-bond acceptors (Lipinski definition) is 4. The smallest absolute Gasteiger partial charge is 0.273 e. The van der Waals surface area contributed by atoms with Gasteiger partial charge in [0.1, 0.15) is 5.75 Å². The molecular formula is C15H22N2O3. The van der Waals surface area contributed by atoms with E-state index in [0.717, 1.165) is 24.8 Å². The Kier molecular flexibility index (Phi) is 4.60. The molecule has 1 fully saturated rings. The highest BCUT2D eigenvalue weighted by Gasteiger charge is 2.26. The van der Waals surface area contributed by atoms with E-state index < -0.39 is 0 Å². The van der Waals surface area contributed by atoms with E-state index >= 15 is 0 Å². The van der Waals surface area contributed by atoms with Crippen molar-refractivity contribution in [2.24, 2.45) is 17.6 Å². The van der Waals surface area contributed by atoms with Crippen molar-refractivity contribution in [2.45, 2.75) is 38.6 Å². The van der Waals surface area contributed by atoms with Gasteiger partial charge in [0.05, 0.1) is 18.1 Å². The molecule has 0 aliphatic heterocycles. The molecule has 3 unspecified atom stereocenters. The number of benzene rings is 1. The first-order chi connectivity index (χ1) is 9.49. The average molecular weight is 278 g/mol. The predicted molar refractivity (Wildman–Crippen MR) is 77.8 cm³/mol. The van der Waals surface area contributed by atoms with E-state index in [-0.39, 0.29) is 16.7 Å². The van der Waals surface area contributed by atoms with Crippen LogP contribution in [-0.4, -0.2) is 18.1 Å². The average Bonchev–Trinajstić information content (AvgIpc) is 2.42. The number of nitro benzene ring substituents is 1. The number of rotatable bonds is 4. The first-order valence-electron chi connectivity index (χ1n) is 7.07. The minimum absolute atomic E-state index is 0.0804. The number of hydrogen-bond donors (Lipinski definition) is 1. The Morgan fingerprint density at radius 3 is 2.80 bits per heavy atom. The zero-order chi connectivity index (χ0) is 14.7. The molecule has 0 aromatic heterocycles. The number of ether oxygens (including phenoxy) is 1. The zero-order valence-electron chi connectivity index (χ0n) is 12.0. The van der Waals surface area contributed by atoms with Crippen molar-refractivity contribution in [1.82, 2.24) is 0 Å². The lowest BCUT2D eigenvalue weighted by Gasteiger charge is -2.32. The number of nitro groups is 1. The van der Waals surface area contributed by atoms with Gasteiger partial charge in [-0.25, -0.2) is 0 Å². The molecule has 5 heteroatoms. The van der Waals surface area contributed by atoms with Crippen LogP contribution in [0.1, 0.15) is 31.7 Å². The SMILES string of the molecule is COc1cc(CC2CC(C)CCC2N)cc([N+](=O)[O-])c1. The Labute approximate surface area is 119 Å². The zero-order valence-corrected chi connectivity index (χ0v) is 12.0. The summed E-state index contributed by atoms with van der Waals surface area (Å²) in [5, 5.41) is 11.0. The van der Waals surface area contributed by atoms with Crippen molar-refractivity contribution in [3.05, 3.63) is 33.9 Å². The van der Waals surface area contributed by atoms with E-state index in [1.165, 1.54) is 19.6 Å². The first kappa shape index (κ1) is 14.8. The monoisotopic (exact) mass is 278 g/mol. The summed E-state index contributed by atoms with van der Waals surface area (Å²) in [7, 11) is 1.53. The third-order valence-corrected chi connectivity index (χ3v) is 4.20. The van der Waals surface area contributed by atoms with Gasteiger partial charge in [0, 0.05) is 12.1 Å². The third-order valence-electron chi connectivity index (χ3n) is 4.20. The standard InChI is InChI=1S/C15H22N2O3/c1-10-3-4-15(16)12(5-10)6-11-7-13(17(18)19)9-14(8-11)20-2/h7-10,12,15H,3-6,16H2,1-2H3. The number of nitrogens with two attached hydrogens (primary N) is 1. The summed E-state index contributed by atoms with van der Waals surface area (Å²) >= 11 is 0. The summed E-state index contributed by atoms with van der Waals surface area (Å²) in [5.41, 5.74) is 7.21. The van der Waals surface area contributed by atoms with Crippen LogP contribution in [0.3, 0.4) is 0 Å². The Balaban J connectivity index is 2.19. The number of methoxy groups -OCH3 is 1. The minimum atomic E-state index is -0.380. The molecule has 3 atom stereocenters. The normalized spacial score (nSPS) is 26.2. The minimum Gasteiger partial charge on any atom is -0.496 e. The second kappa shape index (κ2) is 6.22. The van der Waals surface area contributed by atoms with E-state index in [4.69, 9.17) is 10.5 Å². The lowest BCUT2D eigenvalue weighted by molar-refractivity contribution is -0.385. The molecule has 1 aliphatic carbocycles. The van der Waals surface area contributed by atoms with E-state index in [0.29, 0.717) is 17.6 Å². The van der Waals surface area contributed by atoms with Gasteiger partial charge in [-0.05, 0) is 49.1 Å². The van der Waals surface area contributed by atoms with Crippen molar-refractivity contribution in [3.8, 4) is 5.75 Å². The molecule has 0 radical (unpaired) electrons. The fourth-order valence-corrected chi connectivity index (χ4v) is 3.04. The highest BCUT2D eigenvalue weighted by Crippen LogP contribution is 2.32. The van der Waals surface area contributed by atoms with Gasteiger partial charge in [-0.1, -0.05) is 6.92 Å². The van der Waals surface area contributed by atoms with Crippen molar-refractivity contribution in [1.29, 1.82) is 0 Å². The summed E-state index contributed by atoms with van der Waals surface area (Å²) in [6.07, 6.45) is 4.09. The van der Waals surface area contributed by atoms with Gasteiger partial charge >= 0.3 is 0 Å². The third kappa shape index (κ3) is 3.48. The molecule has 2 N–H and O–H groups in total. The van der Waals surface area contributed by atoms with Crippen LogP contribution in [-0.2, 0) is 6.42 Å². The molecule has 1 aromatic carbocycles. The second-order valence-electron chi connectivity index (χ2n) is 5.84. The molecule has 1 aromatic rings. The van der Waals surface area contributed by atoms with Crippen molar-refractivity contribution < 1.29 is 9.66 Å². The molecule has 5 nitrogen and oxygen atoms in total. The number of non-ortho nitro benzene ring substituents is 1. The maximum absolute atomic E-state index is 11.0. The van der Waals surface area contributed by atoms with Gasteiger partial charge in [-0.15, -0.1) is 0 Å². The van der Waals surface area contributed by atoms with Crippen LogP contribution >= 0.6 is 0 Å². The van der Waals surface area contributed by atoms with Crippen molar-refractivity contribution in [2.75, 3.05) is 7.11 Å². The lowest BCUT2D eigenvalue weighted by Crippen LogP contribution is -2.36. The van der Waals surface area contributed by atoms with Crippen molar-refractivity contribution >= 4 is 5.69 Å². The van der Waals surface area contributed by atoms with Crippen LogP contribution < -0.4 is 10.5 Å². The van der Waals surface area contributed by atoms with E-state index in [2.05, 4.69) is 6.92 Å². The van der Waals surface area contributed by atoms with Crippen LogP contribution in [0.25, 0.3) is 0 Å². The summed E-state index contributed by atoms with van der Waals surface area (Å²) < 4.78 is 5.15. The Morgan fingerprint density at radius 2 is 2.15 bits per heavy atom. The highest BCUT2D eigenvalue weighted by molar-refractivity contribution is 5.43.